The van der Waals surface area contributed by atoms with E-state index in [1.54, 1.807) is 20.8 Å². The zero-order chi connectivity index (χ0) is 27.1. The van der Waals surface area contributed by atoms with Gasteiger partial charge in [0.25, 0.3) is 0 Å². The molecule has 4 rings (SSSR count). The first-order chi connectivity index (χ1) is 17.2. The number of aromatic nitrogens is 1. The number of carboxylic acid groups (broad SMARTS) is 1. The molecule has 200 valence electrons. The summed E-state index contributed by atoms with van der Waals surface area (Å²) in [5.41, 5.74) is -0.452. The molecular formula is C28H37N3O6. The predicted octanol–water partition coefficient (Wildman–Crippen LogP) is 4.48. The molecule has 1 saturated heterocycles. The van der Waals surface area contributed by atoms with Crippen molar-refractivity contribution in [2.75, 3.05) is 6.54 Å². The molecule has 0 radical (unpaired) electrons. The van der Waals surface area contributed by atoms with Gasteiger partial charge < -0.3 is 24.8 Å². The Labute approximate surface area is 217 Å². The molecule has 1 aromatic carbocycles. The molecule has 2 heterocycles. The standard InChI is InChI=1S/C28H37N3O6/c1-27(2,3)22(30-26(35)37-28(4,5)6)24(32)31-15-18(14-21(31)25(33)34)36-23-19-10-8-7-9-17(19)13-20(29-23)16-11-12-16/h7-10,13,16,18,21-22H,11-12,14-15H2,1-6H3,(H,30,35)(H,33,34)/t18-,21+,22-/m1/s1. The van der Waals surface area contributed by atoms with Crippen LogP contribution < -0.4 is 10.1 Å². The molecule has 0 spiro atoms. The number of benzene rings is 1. The van der Waals surface area contributed by atoms with Gasteiger partial charge >= 0.3 is 12.1 Å². The van der Waals surface area contributed by atoms with E-state index < -0.39 is 47.2 Å². The lowest BCUT2D eigenvalue weighted by Gasteiger charge is -2.35. The van der Waals surface area contributed by atoms with Crippen LogP contribution in [0.3, 0.4) is 0 Å². The topological polar surface area (TPSA) is 118 Å². The summed E-state index contributed by atoms with van der Waals surface area (Å²) in [7, 11) is 0. The van der Waals surface area contributed by atoms with Crippen LogP contribution in [0.2, 0.25) is 0 Å². The maximum absolute atomic E-state index is 13.7. The first-order valence-electron chi connectivity index (χ1n) is 12.8. The maximum atomic E-state index is 13.7. The molecule has 0 unspecified atom stereocenters. The monoisotopic (exact) mass is 511 g/mol. The van der Waals surface area contributed by atoms with Crippen molar-refractivity contribution in [3.63, 3.8) is 0 Å². The molecule has 37 heavy (non-hydrogen) atoms. The largest absolute Gasteiger partial charge is 0.480 e. The molecule has 2 fully saturated rings. The number of pyridine rings is 1. The van der Waals surface area contributed by atoms with Crippen LogP contribution >= 0.6 is 0 Å². The Morgan fingerprint density at radius 3 is 2.38 bits per heavy atom. The number of carboxylic acids is 1. The van der Waals surface area contributed by atoms with Gasteiger partial charge in [0.05, 0.1) is 6.54 Å². The Hall–Kier alpha value is -3.36. The molecule has 2 amide bonds. The van der Waals surface area contributed by atoms with E-state index in [2.05, 4.69) is 11.4 Å². The summed E-state index contributed by atoms with van der Waals surface area (Å²) in [4.78, 5) is 44.5. The summed E-state index contributed by atoms with van der Waals surface area (Å²) in [6.07, 6.45) is 1.02. The van der Waals surface area contributed by atoms with E-state index in [-0.39, 0.29) is 13.0 Å². The molecule has 0 bridgehead atoms. The first-order valence-corrected chi connectivity index (χ1v) is 12.8. The predicted molar refractivity (Wildman–Crippen MR) is 139 cm³/mol. The van der Waals surface area contributed by atoms with E-state index in [4.69, 9.17) is 14.5 Å². The Balaban J connectivity index is 1.57. The Morgan fingerprint density at radius 1 is 1.11 bits per heavy atom. The zero-order valence-corrected chi connectivity index (χ0v) is 22.4. The van der Waals surface area contributed by atoms with E-state index in [0.717, 1.165) is 29.3 Å². The fraction of sp³-hybridized carbons (Fsp3) is 0.571. The molecule has 9 heteroatoms. The van der Waals surface area contributed by atoms with Crippen molar-refractivity contribution in [1.82, 2.24) is 15.2 Å². The third kappa shape index (κ3) is 6.32. The number of ether oxygens (including phenoxy) is 2. The van der Waals surface area contributed by atoms with Crippen LogP contribution in [0.25, 0.3) is 10.8 Å². The number of nitrogens with zero attached hydrogens (tertiary/aromatic N) is 2. The maximum Gasteiger partial charge on any atom is 0.408 e. The van der Waals surface area contributed by atoms with Gasteiger partial charge in [-0.05, 0) is 56.5 Å². The number of nitrogens with one attached hydrogen (secondary N) is 1. The van der Waals surface area contributed by atoms with Gasteiger partial charge in [0.2, 0.25) is 11.8 Å². The van der Waals surface area contributed by atoms with Gasteiger partial charge in [-0.1, -0.05) is 39.0 Å². The first kappa shape index (κ1) is 26.7. The van der Waals surface area contributed by atoms with E-state index in [9.17, 15) is 19.5 Å². The van der Waals surface area contributed by atoms with E-state index in [1.165, 1.54) is 4.90 Å². The quantitative estimate of drug-likeness (QED) is 0.587. The third-order valence-electron chi connectivity index (χ3n) is 6.60. The molecule has 1 saturated carbocycles. The SMILES string of the molecule is CC(C)(C)OC(=O)N[C@H](C(=O)N1C[C@H](Oc2nc(C3CC3)cc3ccccc23)C[C@H]1C(=O)O)C(C)(C)C. The number of likely N-dealkylation sites (tertiary alicyclic amines) is 1. The Kier molecular flexibility index (Phi) is 7.10. The van der Waals surface area contributed by atoms with Gasteiger partial charge in [0.1, 0.15) is 23.8 Å². The van der Waals surface area contributed by atoms with Crippen molar-refractivity contribution in [2.45, 2.75) is 90.5 Å². The number of aliphatic carboxylic acids is 1. The smallest absolute Gasteiger partial charge is 0.408 e. The van der Waals surface area contributed by atoms with Gasteiger partial charge in [-0.15, -0.1) is 0 Å². The Bertz CT molecular complexity index is 1190. The van der Waals surface area contributed by atoms with Gasteiger partial charge in [-0.3, -0.25) is 4.79 Å². The highest BCUT2D eigenvalue weighted by Gasteiger charge is 2.46. The molecule has 3 atom stereocenters. The molecule has 1 aliphatic carbocycles. The average molecular weight is 512 g/mol. The molecule has 2 N–H and O–H groups in total. The van der Waals surface area contributed by atoms with E-state index in [1.807, 2.05) is 45.0 Å². The molecule has 2 aromatic rings. The van der Waals surface area contributed by atoms with Crippen LogP contribution in [0.15, 0.2) is 30.3 Å². The highest BCUT2D eigenvalue weighted by molar-refractivity contribution is 5.91. The van der Waals surface area contributed by atoms with Crippen molar-refractivity contribution in [2.24, 2.45) is 5.41 Å². The Morgan fingerprint density at radius 2 is 1.78 bits per heavy atom. The molecule has 1 aromatic heterocycles. The number of rotatable bonds is 6. The number of hydrogen-bond acceptors (Lipinski definition) is 6. The lowest BCUT2D eigenvalue weighted by atomic mass is 9.85. The number of amides is 2. The summed E-state index contributed by atoms with van der Waals surface area (Å²) >= 11 is 0. The summed E-state index contributed by atoms with van der Waals surface area (Å²) in [6, 6.07) is 7.83. The van der Waals surface area contributed by atoms with Crippen LogP contribution in [0, 0.1) is 5.41 Å². The van der Waals surface area contributed by atoms with E-state index in [0.29, 0.717) is 11.8 Å². The lowest BCUT2D eigenvalue weighted by Crippen LogP contribution is -2.57. The van der Waals surface area contributed by atoms with Crippen molar-refractivity contribution in [1.29, 1.82) is 0 Å². The summed E-state index contributed by atoms with van der Waals surface area (Å²) in [6.45, 7) is 10.7. The molecule has 1 aliphatic heterocycles. The second-order valence-corrected chi connectivity index (χ2v) is 12.1. The lowest BCUT2D eigenvalue weighted by molar-refractivity contribution is -0.150. The van der Waals surface area contributed by atoms with Gasteiger partial charge in [-0.25, -0.2) is 14.6 Å². The fourth-order valence-electron chi connectivity index (χ4n) is 4.62. The van der Waals surface area contributed by atoms with Crippen molar-refractivity contribution in [3.05, 3.63) is 36.0 Å². The van der Waals surface area contributed by atoms with Crippen LogP contribution in [0.5, 0.6) is 5.88 Å². The summed E-state index contributed by atoms with van der Waals surface area (Å²) in [5, 5.41) is 14.5. The zero-order valence-electron chi connectivity index (χ0n) is 22.4. The average Bonchev–Trinajstić information content (AvgIpc) is 3.55. The van der Waals surface area contributed by atoms with Gasteiger partial charge in [0, 0.05) is 23.4 Å². The highest BCUT2D eigenvalue weighted by Crippen LogP contribution is 2.41. The minimum absolute atomic E-state index is 0.0715. The van der Waals surface area contributed by atoms with Crippen LogP contribution in [0.1, 0.15) is 72.4 Å². The summed E-state index contributed by atoms with van der Waals surface area (Å²) in [5.74, 6) is -0.718. The van der Waals surface area contributed by atoms with Crippen molar-refractivity contribution >= 4 is 28.7 Å². The normalized spacial score (nSPS) is 21.0. The van der Waals surface area contributed by atoms with Crippen molar-refractivity contribution in [3.8, 4) is 5.88 Å². The summed E-state index contributed by atoms with van der Waals surface area (Å²) < 4.78 is 11.7. The van der Waals surface area contributed by atoms with Gasteiger partial charge in [0.15, 0.2) is 0 Å². The third-order valence-corrected chi connectivity index (χ3v) is 6.60. The van der Waals surface area contributed by atoms with Crippen LogP contribution in [0.4, 0.5) is 4.79 Å². The number of hydrogen-bond donors (Lipinski definition) is 2. The van der Waals surface area contributed by atoms with Crippen LogP contribution in [-0.2, 0) is 14.3 Å². The van der Waals surface area contributed by atoms with E-state index >= 15 is 0 Å². The number of fused-ring (bicyclic) bond motifs is 1. The minimum atomic E-state index is -1.12. The highest BCUT2D eigenvalue weighted by atomic mass is 16.6. The number of carbonyl (C=O) groups is 3. The van der Waals surface area contributed by atoms with Gasteiger partial charge in [-0.2, -0.15) is 0 Å². The van der Waals surface area contributed by atoms with Crippen molar-refractivity contribution < 1.29 is 29.0 Å². The fourth-order valence-corrected chi connectivity index (χ4v) is 4.62. The minimum Gasteiger partial charge on any atom is -0.480 e. The second kappa shape index (κ2) is 9.84. The molecular weight excluding hydrogens is 474 g/mol. The molecule has 9 nitrogen and oxygen atoms in total. The number of alkyl carbamates (subject to hydrolysis) is 1. The molecule has 2 aliphatic rings. The number of carbonyl (C=O) groups excluding carboxylic acids is 2. The second-order valence-electron chi connectivity index (χ2n) is 12.1. The van der Waals surface area contributed by atoms with Crippen LogP contribution in [-0.4, -0.2) is 63.3 Å².